The highest BCUT2D eigenvalue weighted by Gasteiger charge is 2.44. The largest absolute Gasteiger partial charge is 0.434 e. The Morgan fingerprint density at radius 3 is 2.69 bits per heavy atom. The van der Waals surface area contributed by atoms with Gasteiger partial charge in [0.05, 0.1) is 16.2 Å². The van der Waals surface area contributed by atoms with Gasteiger partial charge in [0.1, 0.15) is 17.1 Å². The summed E-state index contributed by atoms with van der Waals surface area (Å²) in [6, 6.07) is 1.70. The summed E-state index contributed by atoms with van der Waals surface area (Å²) in [7, 11) is 1.54. The first kappa shape index (κ1) is 21.2. The Hall–Kier alpha value is -2.47. The molecule has 0 saturated carbocycles. The summed E-state index contributed by atoms with van der Waals surface area (Å²) in [4.78, 5) is 20.3. The lowest BCUT2D eigenvalue weighted by Gasteiger charge is -2.25. The molecule has 6 nitrogen and oxygen atoms in total. The van der Waals surface area contributed by atoms with Crippen LogP contribution in [-0.2, 0) is 11.0 Å². The number of fused-ring (bicyclic) bond motifs is 1. The Bertz CT molecular complexity index is 1020. The summed E-state index contributed by atoms with van der Waals surface area (Å²) in [5, 5.41) is 12.3. The molecule has 29 heavy (non-hydrogen) atoms. The van der Waals surface area contributed by atoms with Gasteiger partial charge in [-0.25, -0.2) is 4.98 Å². The van der Waals surface area contributed by atoms with Crippen LogP contribution in [0.3, 0.4) is 0 Å². The van der Waals surface area contributed by atoms with Crippen molar-refractivity contribution < 1.29 is 18.0 Å². The number of hydrogen-bond donors (Lipinski definition) is 2. The van der Waals surface area contributed by atoms with Crippen LogP contribution in [0.2, 0.25) is 5.02 Å². The summed E-state index contributed by atoms with van der Waals surface area (Å²) in [5.74, 6) is -0.238. The number of halogens is 4. The monoisotopic (exact) mass is 427 g/mol. The Labute approximate surface area is 171 Å². The lowest BCUT2D eigenvalue weighted by Crippen LogP contribution is -2.28. The second-order valence-corrected chi connectivity index (χ2v) is 8.40. The van der Waals surface area contributed by atoms with Crippen LogP contribution in [0, 0.1) is 29.6 Å². The third-order valence-electron chi connectivity index (χ3n) is 5.57. The number of aryl methyl sites for hydroxylation is 1. The number of carbonyl (C=O) groups is 1. The number of aromatic amines is 1. The van der Waals surface area contributed by atoms with Crippen LogP contribution in [0.5, 0.6) is 0 Å². The fraction of sp³-hybridized carbons (Fsp3) is 0.526. The van der Waals surface area contributed by atoms with Crippen LogP contribution in [0.15, 0.2) is 0 Å². The molecule has 2 aromatic rings. The molecule has 156 valence electrons. The number of amides is 1. The highest BCUT2D eigenvalue weighted by Crippen LogP contribution is 2.46. The van der Waals surface area contributed by atoms with E-state index in [9.17, 15) is 23.2 Å². The minimum Gasteiger partial charge on any atom is -0.368 e. The van der Waals surface area contributed by atoms with Crippen molar-refractivity contribution in [3.63, 3.8) is 0 Å². The van der Waals surface area contributed by atoms with Crippen LogP contribution < -0.4 is 10.2 Å². The molecule has 1 atom stereocenters. The molecule has 3 rings (SSSR count). The number of pyridine rings is 1. The van der Waals surface area contributed by atoms with Gasteiger partial charge in [0.2, 0.25) is 5.91 Å². The van der Waals surface area contributed by atoms with Crippen LogP contribution >= 0.6 is 11.6 Å². The Balaban J connectivity index is 2.22. The topological polar surface area (TPSA) is 84.8 Å². The van der Waals surface area contributed by atoms with E-state index < -0.39 is 17.4 Å². The number of nitrogens with one attached hydrogen (secondary N) is 2. The fourth-order valence-electron chi connectivity index (χ4n) is 3.93. The zero-order valence-electron chi connectivity index (χ0n) is 16.5. The smallest absolute Gasteiger partial charge is 0.368 e. The van der Waals surface area contributed by atoms with Gasteiger partial charge in [0.15, 0.2) is 5.69 Å². The zero-order valence-corrected chi connectivity index (χ0v) is 17.2. The predicted octanol–water partition coefficient (Wildman–Crippen LogP) is 4.01. The average Bonchev–Trinajstić information content (AvgIpc) is 3.08. The van der Waals surface area contributed by atoms with Gasteiger partial charge in [-0.15, -0.1) is 0 Å². The molecule has 0 radical (unpaired) electrons. The van der Waals surface area contributed by atoms with E-state index in [-0.39, 0.29) is 39.9 Å². The van der Waals surface area contributed by atoms with E-state index in [1.807, 2.05) is 13.8 Å². The number of nitriles is 1. The normalized spacial score (nSPS) is 18.9. The number of anilines is 1. The second-order valence-electron chi connectivity index (χ2n) is 8.02. The zero-order chi connectivity index (χ0) is 21.7. The van der Waals surface area contributed by atoms with Crippen molar-refractivity contribution in [1.29, 1.82) is 5.26 Å². The molecule has 2 aromatic heterocycles. The first-order chi connectivity index (χ1) is 13.4. The molecule has 0 bridgehead atoms. The quantitative estimate of drug-likeness (QED) is 0.775. The van der Waals surface area contributed by atoms with E-state index in [1.165, 1.54) is 0 Å². The number of aromatic nitrogens is 2. The molecule has 1 fully saturated rings. The molecule has 0 unspecified atom stereocenters. The van der Waals surface area contributed by atoms with Crippen molar-refractivity contribution in [2.24, 2.45) is 11.3 Å². The molecule has 0 aliphatic carbocycles. The maximum Gasteiger partial charge on any atom is 0.434 e. The van der Waals surface area contributed by atoms with E-state index in [0.29, 0.717) is 24.3 Å². The van der Waals surface area contributed by atoms with E-state index in [2.05, 4.69) is 15.3 Å². The molecular weight excluding hydrogens is 407 g/mol. The predicted molar refractivity (Wildman–Crippen MR) is 104 cm³/mol. The van der Waals surface area contributed by atoms with Crippen molar-refractivity contribution in [3.05, 3.63) is 22.0 Å². The first-order valence-corrected chi connectivity index (χ1v) is 9.43. The van der Waals surface area contributed by atoms with Crippen LogP contribution in [0.25, 0.3) is 11.0 Å². The molecular formula is C19H21ClF3N5O. The molecule has 0 aromatic carbocycles. The summed E-state index contributed by atoms with van der Waals surface area (Å²) in [6.07, 6.45) is -4.56. The standard InChI is InChI=1S/C19H21ClF3N5O/c1-9-13(20)14-15(26-9)16(11(6-24)17(27-14)19(21,22)23)28-7-10(5-12(29)25-4)18(2,3)8-28/h10,26H,5,7-8H2,1-4H3,(H,25,29)/t10-/m0/s1. The van der Waals surface area contributed by atoms with Crippen LogP contribution in [0.4, 0.5) is 18.9 Å². The number of carbonyl (C=O) groups excluding carboxylic acids is 1. The number of hydrogen-bond acceptors (Lipinski definition) is 4. The third-order valence-corrected chi connectivity index (χ3v) is 6.03. The minimum absolute atomic E-state index is 0.0157. The summed E-state index contributed by atoms with van der Waals surface area (Å²) >= 11 is 6.19. The Morgan fingerprint density at radius 1 is 1.48 bits per heavy atom. The molecule has 10 heteroatoms. The lowest BCUT2D eigenvalue weighted by atomic mass is 9.80. The molecule has 1 aliphatic heterocycles. The molecule has 0 spiro atoms. The van der Waals surface area contributed by atoms with Crippen LogP contribution in [0.1, 0.15) is 37.2 Å². The minimum atomic E-state index is -4.81. The van der Waals surface area contributed by atoms with E-state index in [4.69, 9.17) is 11.6 Å². The molecule has 3 heterocycles. The van der Waals surface area contributed by atoms with E-state index in [0.717, 1.165) is 0 Å². The van der Waals surface area contributed by atoms with Crippen molar-refractivity contribution in [2.45, 2.75) is 33.4 Å². The van der Waals surface area contributed by atoms with Gasteiger partial charge in [0, 0.05) is 32.3 Å². The van der Waals surface area contributed by atoms with Crippen molar-refractivity contribution in [3.8, 4) is 6.07 Å². The van der Waals surface area contributed by atoms with Gasteiger partial charge >= 0.3 is 6.18 Å². The molecule has 1 amide bonds. The summed E-state index contributed by atoms with van der Waals surface area (Å²) in [5.41, 5.74) is -1.26. The van der Waals surface area contributed by atoms with E-state index >= 15 is 0 Å². The SMILES string of the molecule is CNC(=O)C[C@H]1CN(c2c(C#N)c(C(F)(F)F)nc3c(Cl)c(C)[nH]c23)CC1(C)C. The maximum atomic E-state index is 13.7. The van der Waals surface area contributed by atoms with E-state index in [1.54, 1.807) is 24.9 Å². The third kappa shape index (κ3) is 3.62. The number of H-pyrrole nitrogens is 1. The maximum absolute atomic E-state index is 13.7. The Morgan fingerprint density at radius 2 is 2.14 bits per heavy atom. The van der Waals surface area contributed by atoms with Gasteiger partial charge in [-0.1, -0.05) is 25.4 Å². The lowest BCUT2D eigenvalue weighted by molar-refractivity contribution is -0.141. The van der Waals surface area contributed by atoms with Gasteiger partial charge in [-0.2, -0.15) is 18.4 Å². The molecule has 1 saturated heterocycles. The highest BCUT2D eigenvalue weighted by molar-refractivity contribution is 6.36. The average molecular weight is 428 g/mol. The van der Waals surface area contributed by atoms with Crippen LogP contribution in [-0.4, -0.2) is 36.0 Å². The number of nitrogens with zero attached hydrogens (tertiary/aromatic N) is 3. The fourth-order valence-corrected chi connectivity index (χ4v) is 4.12. The van der Waals surface area contributed by atoms with Gasteiger partial charge in [-0.05, 0) is 18.3 Å². The summed E-state index contributed by atoms with van der Waals surface area (Å²) < 4.78 is 41.0. The Kier molecular flexibility index (Phi) is 5.20. The second kappa shape index (κ2) is 7.10. The van der Waals surface area contributed by atoms with Gasteiger partial charge < -0.3 is 15.2 Å². The van der Waals surface area contributed by atoms with Gasteiger partial charge in [-0.3, -0.25) is 4.79 Å². The number of rotatable bonds is 3. The number of alkyl halides is 3. The summed E-state index contributed by atoms with van der Waals surface area (Å²) in [6.45, 7) is 6.28. The van der Waals surface area contributed by atoms with Crippen molar-refractivity contribution in [2.75, 3.05) is 25.0 Å². The first-order valence-electron chi connectivity index (χ1n) is 9.05. The van der Waals surface area contributed by atoms with Gasteiger partial charge in [0.25, 0.3) is 0 Å². The van der Waals surface area contributed by atoms with Crippen molar-refractivity contribution >= 4 is 34.2 Å². The molecule has 1 aliphatic rings. The highest BCUT2D eigenvalue weighted by atomic mass is 35.5. The molecule has 2 N–H and O–H groups in total. The van der Waals surface area contributed by atoms with Crippen molar-refractivity contribution in [1.82, 2.24) is 15.3 Å².